The van der Waals surface area contributed by atoms with Crippen LogP contribution in [0.2, 0.25) is 0 Å². The van der Waals surface area contributed by atoms with E-state index in [2.05, 4.69) is 13.2 Å². The summed E-state index contributed by atoms with van der Waals surface area (Å²) in [7, 11) is -5.27. The summed E-state index contributed by atoms with van der Waals surface area (Å²) in [6.07, 6.45) is 3.72. The minimum Gasteiger partial charge on any atom is -0.745 e. The summed E-state index contributed by atoms with van der Waals surface area (Å²) in [5.74, 6) is 0. The van der Waals surface area contributed by atoms with Gasteiger partial charge < -0.3 is 9.04 Å². The van der Waals surface area contributed by atoms with Gasteiger partial charge in [-0.2, -0.15) is 8.78 Å². The maximum absolute atomic E-state index is 11.7. The Morgan fingerprint density at radius 2 is 1.62 bits per heavy atom. The molecule has 0 radical (unpaired) electrons. The molecule has 8 heteroatoms. The predicted octanol–water partition coefficient (Wildman–Crippen LogP) is 2.58. The summed E-state index contributed by atoms with van der Waals surface area (Å²) in [6.45, 7) is 12.5. The largest absolute Gasteiger partial charge is 0.745 e. The molecule has 0 aliphatic carbocycles. The second-order valence-corrected chi connectivity index (χ2v) is 6.17. The van der Waals surface area contributed by atoms with Gasteiger partial charge in [0.25, 0.3) is 6.08 Å². The average molecular weight is 327 g/mol. The first-order valence-electron chi connectivity index (χ1n) is 6.35. The van der Waals surface area contributed by atoms with Crippen molar-refractivity contribution in [3.8, 4) is 0 Å². The van der Waals surface area contributed by atoms with Crippen molar-refractivity contribution in [1.29, 1.82) is 0 Å². The van der Waals surface area contributed by atoms with Crippen LogP contribution in [0.1, 0.15) is 12.8 Å². The van der Waals surface area contributed by atoms with Crippen LogP contribution in [-0.2, 0) is 10.1 Å². The summed E-state index contributed by atoms with van der Waals surface area (Å²) in [5.41, 5.74) is -3.16. The van der Waals surface area contributed by atoms with E-state index < -0.39 is 27.8 Å². The lowest BCUT2D eigenvalue weighted by atomic mass is 10.3. The van der Waals surface area contributed by atoms with Gasteiger partial charge in [0.15, 0.2) is 0 Å². The molecule has 1 aliphatic rings. The molecule has 0 aromatic rings. The molecule has 122 valence electrons. The molecule has 0 aromatic carbocycles. The van der Waals surface area contributed by atoms with Crippen LogP contribution in [-0.4, -0.2) is 49.1 Å². The second kappa shape index (κ2) is 9.01. The number of rotatable bonds is 6. The van der Waals surface area contributed by atoms with E-state index in [-0.39, 0.29) is 0 Å². The highest BCUT2D eigenvalue weighted by molar-refractivity contribution is 7.86. The molecule has 1 unspecified atom stereocenters. The molecule has 1 rings (SSSR count). The van der Waals surface area contributed by atoms with E-state index in [4.69, 9.17) is 0 Å². The van der Waals surface area contributed by atoms with Crippen LogP contribution >= 0.6 is 0 Å². The highest BCUT2D eigenvalue weighted by Gasteiger charge is 2.28. The molecule has 1 aliphatic heterocycles. The zero-order chi connectivity index (χ0) is 16.5. The topological polar surface area (TPSA) is 57.2 Å². The van der Waals surface area contributed by atoms with Crippen molar-refractivity contribution in [2.45, 2.75) is 18.3 Å². The molecule has 0 bridgehead atoms. The Kier molecular flexibility index (Phi) is 8.53. The monoisotopic (exact) mass is 327 g/mol. The lowest BCUT2D eigenvalue weighted by Crippen LogP contribution is -2.45. The lowest BCUT2D eigenvalue weighted by molar-refractivity contribution is -0.905. The van der Waals surface area contributed by atoms with Crippen LogP contribution in [0.5, 0.6) is 0 Å². The molecule has 1 heterocycles. The van der Waals surface area contributed by atoms with Gasteiger partial charge in [-0.15, -0.1) is 0 Å². The fourth-order valence-electron chi connectivity index (χ4n) is 2.18. The average Bonchev–Trinajstić information content (AvgIpc) is 2.77. The molecular formula is C13H20F3NO3S. The van der Waals surface area contributed by atoms with Crippen LogP contribution in [0.25, 0.3) is 0 Å². The van der Waals surface area contributed by atoms with Crippen molar-refractivity contribution in [3.63, 3.8) is 0 Å². The van der Waals surface area contributed by atoms with E-state index in [1.54, 1.807) is 0 Å². The summed E-state index contributed by atoms with van der Waals surface area (Å²) in [4.78, 5) is 0. The zero-order valence-electron chi connectivity index (χ0n) is 11.7. The van der Waals surface area contributed by atoms with Gasteiger partial charge in [0.1, 0.15) is 10.1 Å². The Morgan fingerprint density at radius 3 is 1.86 bits per heavy atom. The third-order valence-corrected chi connectivity index (χ3v) is 3.77. The van der Waals surface area contributed by atoms with E-state index in [0.717, 1.165) is 13.1 Å². The van der Waals surface area contributed by atoms with Gasteiger partial charge in [-0.1, -0.05) is 13.2 Å². The van der Waals surface area contributed by atoms with Crippen LogP contribution in [0, 0.1) is 0 Å². The quantitative estimate of drug-likeness (QED) is 0.428. The molecule has 1 atom stereocenters. The minimum atomic E-state index is -5.27. The van der Waals surface area contributed by atoms with Gasteiger partial charge in [0.05, 0.1) is 26.2 Å². The molecule has 0 N–H and O–H groups in total. The van der Waals surface area contributed by atoms with Crippen molar-refractivity contribution in [2.75, 3.05) is 26.2 Å². The predicted molar refractivity (Wildman–Crippen MR) is 74.2 cm³/mol. The SMILES string of the molecule is C=CC[N+]1(CC=C)CCCC1.O=S(=O)([O-])C(F)C=C(F)F. The van der Waals surface area contributed by atoms with E-state index in [9.17, 15) is 26.1 Å². The summed E-state index contributed by atoms with van der Waals surface area (Å²) in [5, 5.41) is 0. The Bertz CT molecular complexity index is 455. The van der Waals surface area contributed by atoms with Crippen LogP contribution in [0.4, 0.5) is 13.2 Å². The van der Waals surface area contributed by atoms with Crippen molar-refractivity contribution < 1.29 is 30.6 Å². The van der Waals surface area contributed by atoms with E-state index >= 15 is 0 Å². The van der Waals surface area contributed by atoms with Crippen molar-refractivity contribution >= 4 is 10.1 Å². The number of likely N-dealkylation sites (tertiary alicyclic amines) is 1. The molecule has 0 amide bonds. The number of nitrogens with zero attached hydrogens (tertiary/aromatic N) is 1. The Balaban J connectivity index is 0.000000384. The molecule has 21 heavy (non-hydrogen) atoms. The van der Waals surface area contributed by atoms with E-state index in [0.29, 0.717) is 0 Å². The maximum atomic E-state index is 11.7. The van der Waals surface area contributed by atoms with Gasteiger partial charge in [-0.05, 0) is 12.2 Å². The number of halogens is 3. The van der Waals surface area contributed by atoms with Crippen LogP contribution in [0.3, 0.4) is 0 Å². The number of alkyl halides is 1. The molecule has 0 saturated carbocycles. The first-order chi connectivity index (χ1) is 9.67. The highest BCUT2D eigenvalue weighted by Crippen LogP contribution is 2.18. The van der Waals surface area contributed by atoms with E-state index in [1.165, 1.54) is 30.4 Å². The van der Waals surface area contributed by atoms with E-state index in [1.807, 2.05) is 12.2 Å². The maximum Gasteiger partial charge on any atom is 0.270 e. The zero-order valence-corrected chi connectivity index (χ0v) is 12.5. The van der Waals surface area contributed by atoms with Crippen molar-refractivity contribution in [3.05, 3.63) is 37.5 Å². The normalized spacial score (nSPS) is 18.1. The summed E-state index contributed by atoms with van der Waals surface area (Å²) in [6, 6.07) is 0. The Labute approximate surface area is 123 Å². The van der Waals surface area contributed by atoms with Gasteiger partial charge >= 0.3 is 0 Å². The third-order valence-electron chi connectivity index (χ3n) is 3.08. The number of hydrogen-bond acceptors (Lipinski definition) is 3. The van der Waals surface area contributed by atoms with Gasteiger partial charge in [0, 0.05) is 18.9 Å². The molecular weight excluding hydrogens is 307 g/mol. The smallest absolute Gasteiger partial charge is 0.270 e. The standard InChI is InChI=1S/C10H18N.C3H3F3O3S/c1-3-7-11(8-4-2)9-5-6-10-11;4-2(5)1-3(6)10(7,8)9/h3-4H,1-2,5-10H2;1,3H,(H,7,8,9)/q+1;/p-1. The fraction of sp³-hybridized carbons (Fsp3) is 0.538. The molecule has 1 saturated heterocycles. The highest BCUT2D eigenvalue weighted by atomic mass is 32.2. The van der Waals surface area contributed by atoms with Gasteiger partial charge in [0.2, 0.25) is 5.50 Å². The lowest BCUT2D eigenvalue weighted by Gasteiger charge is -2.31. The first-order valence-corrected chi connectivity index (χ1v) is 7.82. The van der Waals surface area contributed by atoms with Gasteiger partial charge in [-0.25, -0.2) is 12.8 Å². The fourth-order valence-corrected chi connectivity index (χ4v) is 2.45. The molecule has 1 fully saturated rings. The number of hydrogen-bond donors (Lipinski definition) is 0. The summed E-state index contributed by atoms with van der Waals surface area (Å²) >= 11 is 0. The third kappa shape index (κ3) is 8.03. The minimum absolute atomic E-state index is 0.567. The molecule has 4 nitrogen and oxygen atoms in total. The Hall–Kier alpha value is -1.12. The first kappa shape index (κ1) is 19.9. The second-order valence-electron chi connectivity index (χ2n) is 4.74. The molecule has 0 spiro atoms. The van der Waals surface area contributed by atoms with Crippen molar-refractivity contribution in [1.82, 2.24) is 0 Å². The Morgan fingerprint density at radius 1 is 1.19 bits per heavy atom. The molecule has 0 aromatic heterocycles. The van der Waals surface area contributed by atoms with Crippen LogP contribution in [0.15, 0.2) is 37.5 Å². The van der Waals surface area contributed by atoms with Gasteiger partial charge in [-0.3, -0.25) is 0 Å². The van der Waals surface area contributed by atoms with Crippen molar-refractivity contribution in [2.24, 2.45) is 0 Å². The van der Waals surface area contributed by atoms with Crippen LogP contribution < -0.4 is 0 Å². The number of quaternary nitrogens is 1. The summed E-state index contributed by atoms with van der Waals surface area (Å²) < 4.78 is 63.6.